The molecule has 1 aromatic carbocycles. The van der Waals surface area contributed by atoms with Gasteiger partial charge in [0.05, 0.1) is 24.5 Å². The predicted molar refractivity (Wildman–Crippen MR) is 96.5 cm³/mol. The Morgan fingerprint density at radius 1 is 1.27 bits per heavy atom. The fourth-order valence-corrected chi connectivity index (χ4v) is 3.03. The Labute approximate surface area is 152 Å². The molecule has 1 heterocycles. The number of morpholine rings is 1. The molecule has 1 fully saturated rings. The van der Waals surface area contributed by atoms with E-state index in [2.05, 4.69) is 5.32 Å². The first-order valence-corrected chi connectivity index (χ1v) is 9.03. The van der Waals surface area contributed by atoms with Crippen LogP contribution in [0.2, 0.25) is 0 Å². The largest absolute Gasteiger partial charge is 0.418 e. The molecule has 146 valence electrons. The van der Waals surface area contributed by atoms with Crippen LogP contribution in [0.25, 0.3) is 0 Å². The van der Waals surface area contributed by atoms with Gasteiger partial charge in [0.2, 0.25) is 5.91 Å². The fraction of sp³-hybridized carbons (Fsp3) is 0.632. The number of benzene rings is 1. The summed E-state index contributed by atoms with van der Waals surface area (Å²) in [6, 6.07) is 2.83. The molecule has 7 heteroatoms. The lowest BCUT2D eigenvalue weighted by Crippen LogP contribution is -2.36. The van der Waals surface area contributed by atoms with Gasteiger partial charge >= 0.3 is 6.18 Å². The van der Waals surface area contributed by atoms with E-state index >= 15 is 0 Å². The van der Waals surface area contributed by atoms with Crippen molar-refractivity contribution in [1.29, 1.82) is 0 Å². The van der Waals surface area contributed by atoms with Gasteiger partial charge in [-0.15, -0.1) is 0 Å². The first kappa shape index (κ1) is 20.6. The van der Waals surface area contributed by atoms with Gasteiger partial charge in [-0.3, -0.25) is 4.79 Å². The van der Waals surface area contributed by atoms with Crippen LogP contribution in [0.4, 0.5) is 24.5 Å². The van der Waals surface area contributed by atoms with Crippen LogP contribution in [0, 0.1) is 12.8 Å². The molecule has 0 aromatic heterocycles. The summed E-state index contributed by atoms with van der Waals surface area (Å²) in [5.74, 6) is 0.0847. The quantitative estimate of drug-likeness (QED) is 0.793. The van der Waals surface area contributed by atoms with E-state index in [0.717, 1.165) is 12.5 Å². The Bertz CT molecular complexity index is 624. The smallest absolute Gasteiger partial charge is 0.378 e. The van der Waals surface area contributed by atoms with Gasteiger partial charge in [0.25, 0.3) is 0 Å². The molecule has 0 atom stereocenters. The predicted octanol–water partition coefficient (Wildman–Crippen LogP) is 4.62. The molecule has 0 spiro atoms. The van der Waals surface area contributed by atoms with Crippen molar-refractivity contribution in [3.05, 3.63) is 23.3 Å². The molecule has 1 amide bonds. The zero-order valence-electron chi connectivity index (χ0n) is 15.6. The average Bonchev–Trinajstić information content (AvgIpc) is 2.56. The molecule has 0 unspecified atom stereocenters. The molecule has 1 N–H and O–H groups in total. The maximum atomic E-state index is 13.6. The summed E-state index contributed by atoms with van der Waals surface area (Å²) in [6.07, 6.45) is -2.78. The highest BCUT2D eigenvalue weighted by atomic mass is 19.4. The molecular weight excluding hydrogens is 345 g/mol. The molecular formula is C19H27F3N2O2. The first-order valence-electron chi connectivity index (χ1n) is 9.03. The Morgan fingerprint density at radius 2 is 1.92 bits per heavy atom. The average molecular weight is 372 g/mol. The van der Waals surface area contributed by atoms with Crippen LogP contribution < -0.4 is 10.2 Å². The van der Waals surface area contributed by atoms with Crippen molar-refractivity contribution in [2.24, 2.45) is 5.92 Å². The van der Waals surface area contributed by atoms with E-state index in [0.29, 0.717) is 49.9 Å². The number of hydrogen-bond donors (Lipinski definition) is 1. The van der Waals surface area contributed by atoms with Gasteiger partial charge in [0.15, 0.2) is 0 Å². The summed E-state index contributed by atoms with van der Waals surface area (Å²) in [7, 11) is 0. The second-order valence-electron chi connectivity index (χ2n) is 7.12. The van der Waals surface area contributed by atoms with E-state index in [1.54, 1.807) is 13.0 Å². The van der Waals surface area contributed by atoms with Gasteiger partial charge in [0, 0.05) is 25.2 Å². The van der Waals surface area contributed by atoms with Crippen LogP contribution >= 0.6 is 0 Å². The van der Waals surface area contributed by atoms with Crippen molar-refractivity contribution in [1.82, 2.24) is 0 Å². The molecule has 0 radical (unpaired) electrons. The van der Waals surface area contributed by atoms with Crippen LogP contribution in [-0.2, 0) is 15.7 Å². The zero-order valence-corrected chi connectivity index (χ0v) is 15.6. The number of alkyl halides is 3. The molecule has 26 heavy (non-hydrogen) atoms. The SMILES string of the molecule is Cc1cc(N2CCOCC2)cc(C(F)(F)F)c1NC(=O)CCCC(C)C. The normalized spacial score (nSPS) is 15.4. The lowest BCUT2D eigenvalue weighted by atomic mass is 10.0. The molecule has 1 saturated heterocycles. The van der Waals surface area contributed by atoms with E-state index in [1.807, 2.05) is 18.7 Å². The van der Waals surface area contributed by atoms with Gasteiger partial charge in [-0.1, -0.05) is 20.3 Å². The van der Waals surface area contributed by atoms with Crippen LogP contribution in [0.3, 0.4) is 0 Å². The first-order chi connectivity index (χ1) is 12.2. The summed E-state index contributed by atoms with van der Waals surface area (Å²) < 4.78 is 46.0. The Morgan fingerprint density at radius 3 is 2.50 bits per heavy atom. The number of nitrogens with zero attached hydrogens (tertiary/aromatic N) is 1. The number of aryl methyl sites for hydroxylation is 1. The highest BCUT2D eigenvalue weighted by Crippen LogP contribution is 2.39. The van der Waals surface area contributed by atoms with Crippen LogP contribution in [-0.4, -0.2) is 32.2 Å². The summed E-state index contributed by atoms with van der Waals surface area (Å²) >= 11 is 0. The third kappa shape index (κ3) is 5.62. The number of carbonyl (C=O) groups is 1. The maximum absolute atomic E-state index is 13.6. The number of ether oxygens (including phenoxy) is 1. The number of halogens is 3. The minimum absolute atomic E-state index is 0.135. The highest BCUT2D eigenvalue weighted by molar-refractivity contribution is 5.93. The van der Waals surface area contributed by atoms with Crippen molar-refractivity contribution in [2.45, 2.75) is 46.2 Å². The lowest BCUT2D eigenvalue weighted by molar-refractivity contribution is -0.137. The van der Waals surface area contributed by atoms with Crippen molar-refractivity contribution >= 4 is 17.3 Å². The maximum Gasteiger partial charge on any atom is 0.418 e. The summed E-state index contributed by atoms with van der Waals surface area (Å²) in [5, 5.41) is 2.49. The van der Waals surface area contributed by atoms with E-state index in [9.17, 15) is 18.0 Å². The topological polar surface area (TPSA) is 41.6 Å². The van der Waals surface area contributed by atoms with E-state index in [1.165, 1.54) is 0 Å². The number of amides is 1. The zero-order chi connectivity index (χ0) is 19.3. The van der Waals surface area contributed by atoms with Crippen LogP contribution in [0.15, 0.2) is 12.1 Å². The Hall–Kier alpha value is -1.76. The van der Waals surface area contributed by atoms with Crippen LogP contribution in [0.1, 0.15) is 44.2 Å². The molecule has 0 bridgehead atoms. The molecule has 1 aromatic rings. The highest BCUT2D eigenvalue weighted by Gasteiger charge is 2.35. The van der Waals surface area contributed by atoms with Crippen LogP contribution in [0.5, 0.6) is 0 Å². The number of carbonyl (C=O) groups excluding carboxylic acids is 1. The number of rotatable bonds is 6. The molecule has 1 aliphatic rings. The van der Waals surface area contributed by atoms with Gasteiger partial charge in [-0.05, 0) is 37.0 Å². The molecule has 0 aliphatic carbocycles. The lowest BCUT2D eigenvalue weighted by Gasteiger charge is -2.30. The third-order valence-corrected chi connectivity index (χ3v) is 4.45. The van der Waals surface area contributed by atoms with E-state index in [-0.39, 0.29) is 18.0 Å². The van der Waals surface area contributed by atoms with Gasteiger partial charge in [-0.25, -0.2) is 0 Å². The van der Waals surface area contributed by atoms with E-state index in [4.69, 9.17) is 4.74 Å². The van der Waals surface area contributed by atoms with Crippen molar-refractivity contribution < 1.29 is 22.7 Å². The Balaban J connectivity index is 2.23. The monoisotopic (exact) mass is 372 g/mol. The third-order valence-electron chi connectivity index (χ3n) is 4.45. The van der Waals surface area contributed by atoms with Crippen molar-refractivity contribution in [3.8, 4) is 0 Å². The number of anilines is 2. The standard InChI is InChI=1S/C19H27F3N2O2/c1-13(2)5-4-6-17(25)23-18-14(3)11-15(12-16(18)19(20,21)22)24-7-9-26-10-8-24/h11-13H,4-10H2,1-3H3,(H,23,25). The molecule has 4 nitrogen and oxygen atoms in total. The molecule has 1 aliphatic heterocycles. The van der Waals surface area contributed by atoms with Crippen molar-refractivity contribution in [3.63, 3.8) is 0 Å². The minimum atomic E-state index is -4.53. The van der Waals surface area contributed by atoms with E-state index < -0.39 is 11.7 Å². The molecule has 2 rings (SSSR count). The van der Waals surface area contributed by atoms with Gasteiger partial charge in [0.1, 0.15) is 0 Å². The summed E-state index contributed by atoms with van der Waals surface area (Å²) in [6.45, 7) is 7.80. The molecule has 0 saturated carbocycles. The van der Waals surface area contributed by atoms with Gasteiger partial charge in [-0.2, -0.15) is 13.2 Å². The second-order valence-corrected chi connectivity index (χ2v) is 7.12. The minimum Gasteiger partial charge on any atom is -0.378 e. The fourth-order valence-electron chi connectivity index (χ4n) is 3.03. The summed E-state index contributed by atoms with van der Waals surface area (Å²) in [5.41, 5.74) is -0.00489. The van der Waals surface area contributed by atoms with Gasteiger partial charge < -0.3 is 15.0 Å². The number of hydrogen-bond acceptors (Lipinski definition) is 3. The Kier molecular flexibility index (Phi) is 6.92. The second kappa shape index (κ2) is 8.75. The number of nitrogens with one attached hydrogen (secondary N) is 1. The van der Waals surface area contributed by atoms with Crippen molar-refractivity contribution in [2.75, 3.05) is 36.5 Å². The summed E-state index contributed by atoms with van der Waals surface area (Å²) in [4.78, 5) is 14.0.